The molecule has 14 heavy (non-hydrogen) atoms. The molecule has 0 heterocycles. The highest BCUT2D eigenvalue weighted by molar-refractivity contribution is 6.30. The number of carboxylic acid groups (broad SMARTS) is 1. The number of carbonyl (C=O) groups is 1. The summed E-state index contributed by atoms with van der Waals surface area (Å²) in [6, 6.07) is 6.82. The van der Waals surface area contributed by atoms with Crippen molar-refractivity contribution in [3.63, 3.8) is 0 Å². The molecule has 0 aliphatic heterocycles. The zero-order chi connectivity index (χ0) is 10.6. The minimum Gasteiger partial charge on any atom is -0.481 e. The summed E-state index contributed by atoms with van der Waals surface area (Å²) in [5, 5.41) is 18.2. The second kappa shape index (κ2) is 4.98. The van der Waals surface area contributed by atoms with Crippen LogP contribution in [0.5, 0.6) is 0 Å². The SMILES string of the molecule is O=C(O)CC(CO)[13c]1[13cH][13cH][13c](Cl)[13cH][13cH]1. The summed E-state index contributed by atoms with van der Waals surface area (Å²) in [5.74, 6) is -1.27. The lowest BCUT2D eigenvalue weighted by Gasteiger charge is -2.11. The molecule has 4 heteroatoms. The molecule has 3 nitrogen and oxygen atoms in total. The lowest BCUT2D eigenvalue weighted by Crippen LogP contribution is -2.09. The van der Waals surface area contributed by atoms with Gasteiger partial charge in [-0.25, -0.2) is 0 Å². The fourth-order valence-corrected chi connectivity index (χ4v) is 1.36. The van der Waals surface area contributed by atoms with Crippen LogP contribution >= 0.6 is 11.6 Å². The summed E-state index contributed by atoms with van der Waals surface area (Å²) in [6.45, 7) is -0.173. The van der Waals surface area contributed by atoms with Crippen LogP contribution in [0.3, 0.4) is 0 Å². The van der Waals surface area contributed by atoms with E-state index < -0.39 is 5.97 Å². The maximum Gasteiger partial charge on any atom is 0.304 e. The molecule has 0 bridgehead atoms. The molecule has 1 aromatic rings. The Hall–Kier alpha value is -1.06. The van der Waals surface area contributed by atoms with Gasteiger partial charge in [-0.05, 0) is 17.7 Å². The van der Waals surface area contributed by atoms with E-state index in [0.717, 1.165) is 5.56 Å². The van der Waals surface area contributed by atoms with Crippen LogP contribution < -0.4 is 0 Å². The summed E-state index contributed by atoms with van der Waals surface area (Å²) < 4.78 is 0. The average molecular weight is 221 g/mol. The van der Waals surface area contributed by atoms with Crippen molar-refractivity contribution in [2.75, 3.05) is 6.61 Å². The standard InChI is InChI=1S/C10H11ClO3/c11-9-3-1-7(2-4-9)8(6-12)5-10(13)14/h1-4,8,12H,5-6H2,(H,13,14)/i1+1,2+1,3+1,4+1,7+1,9+1. The van der Waals surface area contributed by atoms with Gasteiger partial charge in [0.1, 0.15) is 0 Å². The van der Waals surface area contributed by atoms with Crippen LogP contribution in [0.1, 0.15) is 17.9 Å². The van der Waals surface area contributed by atoms with Crippen molar-refractivity contribution in [3.05, 3.63) is 34.9 Å². The van der Waals surface area contributed by atoms with E-state index in [4.69, 9.17) is 21.8 Å². The number of aliphatic carboxylic acids is 1. The number of rotatable bonds is 4. The van der Waals surface area contributed by atoms with Crippen molar-refractivity contribution >= 4 is 17.6 Å². The highest BCUT2D eigenvalue weighted by Gasteiger charge is 2.13. The Morgan fingerprint density at radius 1 is 1.36 bits per heavy atom. The predicted molar refractivity (Wildman–Crippen MR) is 53.5 cm³/mol. The normalized spacial score (nSPS) is 12.4. The third-order valence-electron chi connectivity index (χ3n) is 1.98. The number of hydrogen-bond donors (Lipinski definition) is 2. The molecule has 1 aromatic carbocycles. The first kappa shape index (κ1) is 11.0. The van der Waals surface area contributed by atoms with E-state index in [9.17, 15) is 4.79 Å². The second-order valence-corrected chi connectivity index (χ2v) is 3.47. The molecule has 0 radical (unpaired) electrons. The van der Waals surface area contributed by atoms with E-state index >= 15 is 0 Å². The highest BCUT2D eigenvalue weighted by atomic mass is 35.5. The Morgan fingerprint density at radius 3 is 2.36 bits per heavy atom. The van der Waals surface area contributed by atoms with Gasteiger partial charge in [0, 0.05) is 10.9 Å². The van der Waals surface area contributed by atoms with Gasteiger partial charge in [0.25, 0.3) is 0 Å². The summed E-state index contributed by atoms with van der Waals surface area (Å²) in [5.41, 5.74) is 0.791. The molecule has 1 rings (SSSR count). The Labute approximate surface area is 86.9 Å². The summed E-state index contributed by atoms with van der Waals surface area (Å²) >= 11 is 5.69. The van der Waals surface area contributed by atoms with E-state index in [0.29, 0.717) is 5.02 Å². The van der Waals surface area contributed by atoms with Crippen molar-refractivity contribution in [1.82, 2.24) is 0 Å². The number of halogens is 1. The Morgan fingerprint density at radius 2 is 1.93 bits per heavy atom. The number of hydrogen-bond acceptors (Lipinski definition) is 2. The van der Waals surface area contributed by atoms with Gasteiger partial charge in [-0.3, -0.25) is 4.79 Å². The number of carboxylic acids is 1. The van der Waals surface area contributed by atoms with Gasteiger partial charge < -0.3 is 10.2 Å². The molecule has 0 aliphatic carbocycles. The van der Waals surface area contributed by atoms with Crippen molar-refractivity contribution in [3.8, 4) is 0 Å². The van der Waals surface area contributed by atoms with Gasteiger partial charge in [0.15, 0.2) is 0 Å². The third kappa shape index (κ3) is 3.01. The Balaban J connectivity index is 2.78. The fraction of sp³-hybridized carbons (Fsp3) is 0.300. The lowest BCUT2D eigenvalue weighted by atomic mass is 10.2. The maximum atomic E-state index is 10.5. The van der Waals surface area contributed by atoms with E-state index in [1.165, 1.54) is 0 Å². The number of benzene rings is 1. The van der Waals surface area contributed by atoms with Gasteiger partial charge in [0.2, 0.25) is 0 Å². The lowest BCUT2D eigenvalue weighted by molar-refractivity contribution is -0.137. The van der Waals surface area contributed by atoms with E-state index in [1.54, 1.807) is 24.3 Å². The Bertz CT molecular complexity index is 308. The molecule has 0 amide bonds. The molecule has 0 saturated carbocycles. The van der Waals surface area contributed by atoms with E-state index in [2.05, 4.69) is 0 Å². The highest BCUT2D eigenvalue weighted by Crippen LogP contribution is 2.20. The van der Waals surface area contributed by atoms with Crippen molar-refractivity contribution in [1.29, 1.82) is 0 Å². The van der Waals surface area contributed by atoms with Crippen LogP contribution in [-0.2, 0) is 4.79 Å². The molecule has 76 valence electrons. The summed E-state index contributed by atoms with van der Waals surface area (Å²) in [6.07, 6.45) is -0.0713. The molecule has 0 fully saturated rings. The number of aliphatic hydroxyl groups excluding tert-OH is 1. The van der Waals surface area contributed by atoms with Crippen molar-refractivity contribution in [2.24, 2.45) is 0 Å². The van der Waals surface area contributed by atoms with Crippen molar-refractivity contribution in [2.45, 2.75) is 12.3 Å². The third-order valence-corrected chi connectivity index (χ3v) is 2.23. The minimum absolute atomic E-state index is 0.0713. The van der Waals surface area contributed by atoms with Crippen molar-refractivity contribution < 1.29 is 15.0 Å². The maximum absolute atomic E-state index is 10.5. The smallest absolute Gasteiger partial charge is 0.304 e. The molecule has 0 aliphatic rings. The largest absolute Gasteiger partial charge is 0.481 e. The van der Waals surface area contributed by atoms with Crippen LogP contribution in [0.4, 0.5) is 0 Å². The zero-order valence-electron chi connectivity index (χ0n) is 7.48. The van der Waals surface area contributed by atoms with Crippen LogP contribution in [0.25, 0.3) is 0 Å². The summed E-state index contributed by atoms with van der Waals surface area (Å²) in [4.78, 5) is 10.5. The monoisotopic (exact) mass is 220 g/mol. The van der Waals surface area contributed by atoms with Gasteiger partial charge in [0.05, 0.1) is 13.0 Å². The van der Waals surface area contributed by atoms with Crippen LogP contribution in [-0.4, -0.2) is 22.8 Å². The molecule has 0 spiro atoms. The molecule has 2 N–H and O–H groups in total. The van der Waals surface area contributed by atoms with Gasteiger partial charge in [-0.15, -0.1) is 0 Å². The predicted octanol–water partition coefficient (Wildman–Crippen LogP) is 1.89. The van der Waals surface area contributed by atoms with Gasteiger partial charge >= 0.3 is 5.97 Å². The summed E-state index contributed by atoms with van der Waals surface area (Å²) in [7, 11) is 0. The second-order valence-electron chi connectivity index (χ2n) is 3.03. The quantitative estimate of drug-likeness (QED) is 0.815. The molecular formula is C10H11ClO3. The average Bonchev–Trinajstić information content (AvgIpc) is 2.15. The van der Waals surface area contributed by atoms with Gasteiger partial charge in [-0.2, -0.15) is 0 Å². The molecule has 1 unspecified atom stereocenters. The first-order valence-electron chi connectivity index (χ1n) is 4.21. The first-order valence-corrected chi connectivity index (χ1v) is 4.59. The molecule has 0 aromatic heterocycles. The van der Waals surface area contributed by atoms with E-state index in [1.807, 2.05) is 0 Å². The first-order chi connectivity index (χ1) is 6.63. The zero-order valence-corrected chi connectivity index (χ0v) is 8.24. The molecule has 1 atom stereocenters. The molecular weight excluding hydrogens is 210 g/mol. The molecule has 0 saturated heterocycles. The topological polar surface area (TPSA) is 57.5 Å². The van der Waals surface area contributed by atoms with Crippen LogP contribution in [0.2, 0.25) is 5.02 Å². The van der Waals surface area contributed by atoms with Crippen LogP contribution in [0, 0.1) is 0 Å². The van der Waals surface area contributed by atoms with Crippen LogP contribution in [0.15, 0.2) is 24.3 Å². The Kier molecular flexibility index (Phi) is 3.92. The van der Waals surface area contributed by atoms with Gasteiger partial charge in [-0.1, -0.05) is 23.7 Å². The minimum atomic E-state index is -0.918. The fourth-order valence-electron chi connectivity index (χ4n) is 1.23. The number of aliphatic hydroxyl groups is 1. The van der Waals surface area contributed by atoms with E-state index in [-0.39, 0.29) is 18.9 Å².